The summed E-state index contributed by atoms with van der Waals surface area (Å²) in [5, 5.41) is 12.3. The molecule has 0 fully saturated rings. The summed E-state index contributed by atoms with van der Waals surface area (Å²) < 4.78 is 11.6. The molecule has 0 unspecified atom stereocenters. The van der Waals surface area contributed by atoms with Gasteiger partial charge in [0.05, 0.1) is 5.56 Å². The predicted molar refractivity (Wildman–Crippen MR) is 148 cm³/mol. The number of ether oxygens (including phenoxy) is 2. The Kier molecular flexibility index (Phi) is 9.15. The molecule has 7 nitrogen and oxygen atoms in total. The van der Waals surface area contributed by atoms with Crippen LogP contribution in [0.4, 0.5) is 4.79 Å². The van der Waals surface area contributed by atoms with Crippen LogP contribution in [-0.4, -0.2) is 27.8 Å². The number of carboxylic acid groups (broad SMARTS) is 1. The Labute approximate surface area is 225 Å². The van der Waals surface area contributed by atoms with Gasteiger partial charge in [-0.1, -0.05) is 49.7 Å². The lowest BCUT2D eigenvalue weighted by molar-refractivity contribution is 0.0523. The second-order valence-electron chi connectivity index (χ2n) is 10.9. The molecule has 0 bridgehead atoms. The molecule has 0 atom stereocenters. The molecule has 0 aliphatic carbocycles. The summed E-state index contributed by atoms with van der Waals surface area (Å²) in [4.78, 5) is 29.0. The van der Waals surface area contributed by atoms with E-state index in [1.54, 1.807) is 12.1 Å². The number of nitrogens with one attached hydrogen (secondary N) is 1. The van der Waals surface area contributed by atoms with Crippen molar-refractivity contribution < 1.29 is 24.2 Å². The average molecular weight is 519 g/mol. The molecule has 7 heteroatoms. The van der Waals surface area contributed by atoms with Gasteiger partial charge >= 0.3 is 12.1 Å². The smallest absolute Gasteiger partial charge is 0.407 e. The van der Waals surface area contributed by atoms with Crippen molar-refractivity contribution in [2.45, 2.75) is 73.6 Å². The van der Waals surface area contributed by atoms with Crippen LogP contribution in [0.3, 0.4) is 0 Å². The number of carbonyl (C=O) groups is 2. The van der Waals surface area contributed by atoms with Crippen LogP contribution in [0.15, 0.2) is 48.5 Å². The third-order valence-electron chi connectivity index (χ3n) is 5.91. The van der Waals surface area contributed by atoms with Gasteiger partial charge in [0, 0.05) is 29.1 Å². The maximum absolute atomic E-state index is 12.6. The third-order valence-corrected chi connectivity index (χ3v) is 5.91. The first-order chi connectivity index (χ1) is 17.8. The molecule has 1 amide bonds. The van der Waals surface area contributed by atoms with Crippen LogP contribution < -0.4 is 10.1 Å². The number of nitrogens with zero attached hydrogens (tertiary/aromatic N) is 1. The summed E-state index contributed by atoms with van der Waals surface area (Å²) in [6, 6.07) is 14.7. The van der Waals surface area contributed by atoms with Crippen molar-refractivity contribution in [3.05, 3.63) is 82.2 Å². The summed E-state index contributed by atoms with van der Waals surface area (Å²) in [5.41, 5.74) is 6.17. The maximum Gasteiger partial charge on any atom is 0.407 e. The second-order valence-corrected chi connectivity index (χ2v) is 10.9. The van der Waals surface area contributed by atoms with E-state index in [0.717, 1.165) is 45.6 Å². The lowest BCUT2D eigenvalue weighted by Gasteiger charge is -2.24. The highest BCUT2D eigenvalue weighted by atomic mass is 16.6. The van der Waals surface area contributed by atoms with Crippen molar-refractivity contribution in [1.29, 1.82) is 0 Å². The van der Waals surface area contributed by atoms with Crippen LogP contribution in [0.2, 0.25) is 0 Å². The fourth-order valence-corrected chi connectivity index (χ4v) is 4.19. The molecular weight excluding hydrogens is 480 g/mol. The van der Waals surface area contributed by atoms with Crippen molar-refractivity contribution in [1.82, 2.24) is 10.3 Å². The molecule has 0 saturated heterocycles. The predicted octanol–water partition coefficient (Wildman–Crippen LogP) is 6.87. The number of aryl methyl sites for hydroxylation is 2. The summed E-state index contributed by atoms with van der Waals surface area (Å²) in [6.07, 6.45) is 0.249. The fraction of sp³-hybridized carbons (Fsp3) is 0.387. The molecule has 2 aromatic carbocycles. The number of hydrogen-bond acceptors (Lipinski definition) is 5. The van der Waals surface area contributed by atoms with E-state index < -0.39 is 17.7 Å². The van der Waals surface area contributed by atoms with Crippen molar-refractivity contribution in [2.24, 2.45) is 5.92 Å². The van der Waals surface area contributed by atoms with E-state index in [4.69, 9.17) is 14.5 Å². The summed E-state index contributed by atoms with van der Waals surface area (Å²) in [5.74, 6) is -0.199. The van der Waals surface area contributed by atoms with E-state index in [1.807, 2.05) is 34.6 Å². The first-order valence-corrected chi connectivity index (χ1v) is 12.9. The summed E-state index contributed by atoms with van der Waals surface area (Å²) in [7, 11) is 0. The van der Waals surface area contributed by atoms with E-state index in [9.17, 15) is 14.7 Å². The van der Waals surface area contributed by atoms with Crippen LogP contribution in [0, 0.1) is 19.8 Å². The molecule has 38 heavy (non-hydrogen) atoms. The number of alkyl carbamates (subject to hydrolysis) is 1. The molecule has 202 valence electrons. The first-order valence-electron chi connectivity index (χ1n) is 12.9. The molecule has 0 saturated carbocycles. The number of aromatic nitrogens is 1. The average Bonchev–Trinajstić information content (AvgIpc) is 2.81. The number of amides is 1. The highest BCUT2D eigenvalue weighted by molar-refractivity contribution is 5.88. The second kappa shape index (κ2) is 12.1. The SMILES string of the molecule is Cc1ccc(-c2c(COc3cccc(C(=O)O)c3)c(C)nc(CC(C)C)c2CNC(=O)OC(C)(C)C)cc1. The van der Waals surface area contributed by atoms with Crippen molar-refractivity contribution in [3.8, 4) is 16.9 Å². The van der Waals surface area contributed by atoms with Crippen molar-refractivity contribution in [3.63, 3.8) is 0 Å². The van der Waals surface area contributed by atoms with Crippen LogP contribution in [0.5, 0.6) is 5.75 Å². The summed E-state index contributed by atoms with van der Waals surface area (Å²) >= 11 is 0. The van der Waals surface area contributed by atoms with E-state index in [-0.39, 0.29) is 18.7 Å². The maximum atomic E-state index is 12.6. The lowest BCUT2D eigenvalue weighted by Crippen LogP contribution is -2.32. The molecule has 0 aliphatic rings. The molecule has 1 heterocycles. The van der Waals surface area contributed by atoms with Crippen molar-refractivity contribution in [2.75, 3.05) is 0 Å². The molecule has 3 aromatic rings. The Balaban J connectivity index is 2.10. The number of hydrogen-bond donors (Lipinski definition) is 2. The van der Waals surface area contributed by atoms with Gasteiger partial charge in [-0.2, -0.15) is 0 Å². The van der Waals surface area contributed by atoms with Crippen LogP contribution >= 0.6 is 0 Å². The minimum absolute atomic E-state index is 0.158. The zero-order chi connectivity index (χ0) is 28.0. The number of aromatic carboxylic acids is 1. The molecule has 3 rings (SSSR count). The number of rotatable bonds is 9. The van der Waals surface area contributed by atoms with Crippen LogP contribution in [0.1, 0.15) is 73.1 Å². The first kappa shape index (κ1) is 28.7. The highest BCUT2D eigenvalue weighted by Crippen LogP contribution is 2.34. The normalized spacial score (nSPS) is 11.4. The number of pyridine rings is 1. The Hall–Kier alpha value is -3.87. The number of carboxylic acids is 1. The van der Waals surface area contributed by atoms with Gasteiger partial charge in [0.1, 0.15) is 18.0 Å². The Bertz CT molecular complexity index is 1290. The standard InChI is InChI=1S/C31H38N2O5/c1-19(2)15-27-25(17-32-30(36)38-31(5,6)7)28(22-13-11-20(3)12-14-22)26(21(4)33-27)18-37-24-10-8-9-23(16-24)29(34)35/h8-14,16,19H,15,17-18H2,1-7H3,(H,32,36)(H,34,35). The lowest BCUT2D eigenvalue weighted by atomic mass is 9.90. The number of benzene rings is 2. The minimum atomic E-state index is -1.01. The van der Waals surface area contributed by atoms with Gasteiger partial charge in [-0.25, -0.2) is 9.59 Å². The molecule has 0 radical (unpaired) electrons. The molecular formula is C31H38N2O5. The van der Waals surface area contributed by atoms with Gasteiger partial charge in [0.15, 0.2) is 0 Å². The van der Waals surface area contributed by atoms with Gasteiger partial charge in [-0.3, -0.25) is 4.98 Å². The molecule has 1 aromatic heterocycles. The molecule has 0 aliphatic heterocycles. The number of carbonyl (C=O) groups excluding carboxylic acids is 1. The van der Waals surface area contributed by atoms with E-state index >= 15 is 0 Å². The zero-order valence-corrected chi connectivity index (χ0v) is 23.3. The van der Waals surface area contributed by atoms with Gasteiger partial charge in [0.25, 0.3) is 0 Å². The summed E-state index contributed by atoms with van der Waals surface area (Å²) in [6.45, 7) is 14.2. The minimum Gasteiger partial charge on any atom is -0.489 e. The third kappa shape index (κ3) is 7.81. The Morgan fingerprint density at radius 2 is 1.71 bits per heavy atom. The van der Waals surface area contributed by atoms with Gasteiger partial charge in [-0.05, 0) is 76.3 Å². The monoisotopic (exact) mass is 518 g/mol. The quantitative estimate of drug-likeness (QED) is 0.321. The Morgan fingerprint density at radius 1 is 1.03 bits per heavy atom. The largest absolute Gasteiger partial charge is 0.489 e. The van der Waals surface area contributed by atoms with Gasteiger partial charge in [-0.15, -0.1) is 0 Å². The van der Waals surface area contributed by atoms with Gasteiger partial charge in [0.2, 0.25) is 0 Å². The van der Waals surface area contributed by atoms with Crippen LogP contribution in [-0.2, 0) is 24.3 Å². The van der Waals surface area contributed by atoms with E-state index in [2.05, 4.69) is 43.4 Å². The van der Waals surface area contributed by atoms with E-state index in [0.29, 0.717) is 11.7 Å². The van der Waals surface area contributed by atoms with Crippen molar-refractivity contribution >= 4 is 12.1 Å². The van der Waals surface area contributed by atoms with Gasteiger partial charge < -0.3 is 19.9 Å². The van der Waals surface area contributed by atoms with E-state index in [1.165, 1.54) is 12.1 Å². The fourth-order valence-electron chi connectivity index (χ4n) is 4.19. The zero-order valence-electron chi connectivity index (χ0n) is 23.3. The highest BCUT2D eigenvalue weighted by Gasteiger charge is 2.22. The topological polar surface area (TPSA) is 97.8 Å². The Morgan fingerprint density at radius 3 is 2.32 bits per heavy atom. The van der Waals surface area contributed by atoms with Crippen LogP contribution in [0.25, 0.3) is 11.1 Å². The molecule has 2 N–H and O–H groups in total. The molecule has 0 spiro atoms.